The van der Waals surface area contributed by atoms with E-state index in [2.05, 4.69) is 9.82 Å². The second kappa shape index (κ2) is 5.12. The Morgan fingerprint density at radius 1 is 1.62 bits per heavy atom. The van der Waals surface area contributed by atoms with Gasteiger partial charge in [-0.15, -0.1) is 11.3 Å². The van der Waals surface area contributed by atoms with Gasteiger partial charge in [0.2, 0.25) is 5.91 Å². The molecule has 1 amide bonds. The summed E-state index contributed by atoms with van der Waals surface area (Å²) in [7, 11) is 0. The Bertz CT molecular complexity index is 366. The van der Waals surface area contributed by atoms with Crippen LogP contribution in [0.15, 0.2) is 5.38 Å². The molecule has 0 radical (unpaired) electrons. The molecule has 3 N–H and O–H groups in total. The number of nitrogen functional groups attached to an aromatic ring is 1. The van der Waals surface area contributed by atoms with Crippen LogP contribution in [0, 0.1) is 0 Å². The maximum atomic E-state index is 11.6. The van der Waals surface area contributed by atoms with E-state index in [1.807, 2.05) is 0 Å². The van der Waals surface area contributed by atoms with Gasteiger partial charge >= 0.3 is 6.18 Å². The average Bonchev–Trinajstić information content (AvgIpc) is 2.48. The summed E-state index contributed by atoms with van der Waals surface area (Å²) in [6.45, 7) is -1.53. The summed E-state index contributed by atoms with van der Waals surface area (Å²) in [6.07, 6.45) is -4.65. The minimum Gasteiger partial charge on any atom is -0.375 e. The lowest BCUT2D eigenvalue weighted by Gasteiger charge is -2.07. The summed E-state index contributed by atoms with van der Waals surface area (Å²) >= 11 is 1.14. The number of nitrogens with one attached hydrogen (secondary N) is 1. The summed E-state index contributed by atoms with van der Waals surface area (Å²) in [5.74, 6) is -0.713. The van der Waals surface area contributed by atoms with Gasteiger partial charge < -0.3 is 5.73 Å². The fourth-order valence-corrected chi connectivity index (χ4v) is 1.37. The number of carbonyl (C=O) groups is 1. The maximum Gasteiger partial charge on any atom is 0.414 e. The van der Waals surface area contributed by atoms with Crippen molar-refractivity contribution in [2.45, 2.75) is 12.6 Å². The Balaban J connectivity index is 2.26. The van der Waals surface area contributed by atoms with Crippen LogP contribution < -0.4 is 11.2 Å². The van der Waals surface area contributed by atoms with Crippen LogP contribution in [0.2, 0.25) is 0 Å². The first kappa shape index (κ1) is 12.7. The van der Waals surface area contributed by atoms with Gasteiger partial charge in [-0.1, -0.05) is 0 Å². The van der Waals surface area contributed by atoms with Crippen molar-refractivity contribution in [1.29, 1.82) is 0 Å². The molecule has 0 aliphatic rings. The third-order valence-corrected chi connectivity index (χ3v) is 2.06. The molecule has 5 nitrogen and oxygen atoms in total. The van der Waals surface area contributed by atoms with Crippen molar-refractivity contribution in [2.75, 3.05) is 12.3 Å². The number of nitrogens with zero attached hydrogens (tertiary/aromatic N) is 1. The number of alkyl halides is 3. The molecule has 90 valence electrons. The van der Waals surface area contributed by atoms with Crippen LogP contribution in [0.25, 0.3) is 0 Å². The van der Waals surface area contributed by atoms with Gasteiger partial charge in [-0.2, -0.15) is 13.2 Å². The molecule has 0 unspecified atom stereocenters. The zero-order chi connectivity index (χ0) is 12.2. The first-order valence-corrected chi connectivity index (χ1v) is 4.92. The molecule has 1 heterocycles. The second-order valence-corrected chi connectivity index (χ2v) is 3.67. The van der Waals surface area contributed by atoms with Crippen LogP contribution in [-0.2, 0) is 16.1 Å². The average molecular weight is 255 g/mol. The predicted molar refractivity (Wildman–Crippen MR) is 50.4 cm³/mol. The molecule has 0 atom stereocenters. The molecule has 16 heavy (non-hydrogen) atoms. The quantitative estimate of drug-likeness (QED) is 0.783. The number of halogens is 3. The standard InChI is InChI=1S/C7H8F3N3O2S/c8-7(9,10)3-15-13-5(14)1-4-2-16-6(11)12-4/h2H,1,3H2,(H2,11,12)(H,13,14). The van der Waals surface area contributed by atoms with Gasteiger partial charge in [-0.3, -0.25) is 9.63 Å². The number of aromatic nitrogens is 1. The lowest BCUT2D eigenvalue weighted by Crippen LogP contribution is -2.30. The van der Waals surface area contributed by atoms with Crippen molar-refractivity contribution < 1.29 is 22.8 Å². The highest BCUT2D eigenvalue weighted by Crippen LogP contribution is 2.14. The number of hydrogen-bond acceptors (Lipinski definition) is 5. The Labute approximate surface area is 92.4 Å². The smallest absolute Gasteiger partial charge is 0.375 e. The lowest BCUT2D eigenvalue weighted by molar-refractivity contribution is -0.191. The van der Waals surface area contributed by atoms with Crippen molar-refractivity contribution in [3.05, 3.63) is 11.1 Å². The van der Waals surface area contributed by atoms with E-state index in [-0.39, 0.29) is 6.42 Å². The monoisotopic (exact) mass is 255 g/mol. The van der Waals surface area contributed by atoms with E-state index in [4.69, 9.17) is 5.73 Å². The maximum absolute atomic E-state index is 11.6. The van der Waals surface area contributed by atoms with Gasteiger partial charge in [0.1, 0.15) is 0 Å². The molecule has 0 saturated carbocycles. The molecule has 0 aliphatic carbocycles. The molecular formula is C7H8F3N3O2S. The van der Waals surface area contributed by atoms with E-state index >= 15 is 0 Å². The Morgan fingerprint density at radius 2 is 2.31 bits per heavy atom. The number of anilines is 1. The highest BCUT2D eigenvalue weighted by Gasteiger charge is 2.28. The van der Waals surface area contributed by atoms with Crippen LogP contribution in [-0.4, -0.2) is 23.7 Å². The summed E-state index contributed by atoms with van der Waals surface area (Å²) in [5.41, 5.74) is 7.35. The van der Waals surface area contributed by atoms with Crippen LogP contribution >= 0.6 is 11.3 Å². The number of thiazole rings is 1. The molecule has 1 aromatic rings. The molecule has 1 rings (SSSR count). The number of amides is 1. The van der Waals surface area contributed by atoms with Crippen LogP contribution in [0.4, 0.5) is 18.3 Å². The molecule has 0 aliphatic heterocycles. The van der Waals surface area contributed by atoms with Gasteiger partial charge in [-0.25, -0.2) is 10.5 Å². The fourth-order valence-electron chi connectivity index (χ4n) is 0.803. The lowest BCUT2D eigenvalue weighted by atomic mass is 10.3. The first-order chi connectivity index (χ1) is 7.37. The van der Waals surface area contributed by atoms with Crippen LogP contribution in [0.3, 0.4) is 0 Å². The van der Waals surface area contributed by atoms with Gasteiger partial charge in [0, 0.05) is 5.38 Å². The van der Waals surface area contributed by atoms with Gasteiger partial charge in [0.15, 0.2) is 11.7 Å². The zero-order valence-electron chi connectivity index (χ0n) is 7.87. The molecule has 9 heteroatoms. The zero-order valence-corrected chi connectivity index (χ0v) is 8.69. The SMILES string of the molecule is Nc1nc(CC(=O)NOCC(F)(F)F)cs1. The summed E-state index contributed by atoms with van der Waals surface area (Å²) < 4.78 is 34.9. The van der Waals surface area contributed by atoms with E-state index in [1.54, 1.807) is 10.9 Å². The number of hydroxylamine groups is 1. The van der Waals surface area contributed by atoms with Crippen molar-refractivity contribution >= 4 is 22.4 Å². The summed E-state index contributed by atoms with van der Waals surface area (Å²) in [4.78, 5) is 18.8. The first-order valence-electron chi connectivity index (χ1n) is 4.04. The Kier molecular flexibility index (Phi) is 4.07. The normalized spacial score (nSPS) is 11.4. The largest absolute Gasteiger partial charge is 0.414 e. The number of rotatable bonds is 4. The Morgan fingerprint density at radius 3 is 2.81 bits per heavy atom. The van der Waals surface area contributed by atoms with Crippen molar-refractivity contribution in [1.82, 2.24) is 10.5 Å². The van der Waals surface area contributed by atoms with E-state index in [9.17, 15) is 18.0 Å². The molecule has 0 spiro atoms. The summed E-state index contributed by atoms with van der Waals surface area (Å²) in [6, 6.07) is 0. The van der Waals surface area contributed by atoms with Crippen molar-refractivity contribution in [3.63, 3.8) is 0 Å². The molecule has 0 fully saturated rings. The highest BCUT2D eigenvalue weighted by molar-refractivity contribution is 7.13. The molecular weight excluding hydrogens is 247 g/mol. The fraction of sp³-hybridized carbons (Fsp3) is 0.429. The number of nitrogens with two attached hydrogens (primary N) is 1. The van der Waals surface area contributed by atoms with Gasteiger partial charge in [0.05, 0.1) is 12.1 Å². The third kappa shape index (κ3) is 4.94. The molecule has 0 bridgehead atoms. The van der Waals surface area contributed by atoms with E-state index < -0.39 is 18.7 Å². The van der Waals surface area contributed by atoms with E-state index in [1.165, 1.54) is 0 Å². The third-order valence-electron chi connectivity index (χ3n) is 1.33. The van der Waals surface area contributed by atoms with E-state index in [0.29, 0.717) is 10.8 Å². The molecule has 0 aromatic carbocycles. The van der Waals surface area contributed by atoms with Gasteiger partial charge in [-0.05, 0) is 0 Å². The number of hydrogen-bond donors (Lipinski definition) is 2. The van der Waals surface area contributed by atoms with Crippen molar-refractivity contribution in [3.8, 4) is 0 Å². The minimum absolute atomic E-state index is 0.175. The van der Waals surface area contributed by atoms with E-state index in [0.717, 1.165) is 11.3 Å². The topological polar surface area (TPSA) is 77.2 Å². The van der Waals surface area contributed by atoms with Crippen molar-refractivity contribution in [2.24, 2.45) is 0 Å². The Hall–Kier alpha value is -1.35. The predicted octanol–water partition coefficient (Wildman–Crippen LogP) is 0.878. The van der Waals surface area contributed by atoms with Crippen LogP contribution in [0.1, 0.15) is 5.69 Å². The highest BCUT2D eigenvalue weighted by atomic mass is 32.1. The van der Waals surface area contributed by atoms with Gasteiger partial charge in [0.25, 0.3) is 0 Å². The summed E-state index contributed by atoms with van der Waals surface area (Å²) in [5, 5.41) is 1.83. The van der Waals surface area contributed by atoms with Crippen LogP contribution in [0.5, 0.6) is 0 Å². The number of carbonyl (C=O) groups excluding carboxylic acids is 1. The molecule has 0 saturated heterocycles. The molecule has 1 aromatic heterocycles. The minimum atomic E-state index is -4.47. The second-order valence-electron chi connectivity index (χ2n) is 2.78.